The zero-order valence-corrected chi connectivity index (χ0v) is 8.93. The third kappa shape index (κ3) is 2.05. The van der Waals surface area contributed by atoms with E-state index in [0.29, 0.717) is 5.56 Å². The molecule has 4 nitrogen and oxygen atoms in total. The van der Waals surface area contributed by atoms with E-state index in [4.69, 9.17) is 9.47 Å². The van der Waals surface area contributed by atoms with Gasteiger partial charge in [0.25, 0.3) is 0 Å². The SMILES string of the molecule is CCc1cccc(C2OC(=O)COC2=O)c1. The zero-order chi connectivity index (χ0) is 11.5. The Hall–Kier alpha value is -1.84. The molecule has 1 heterocycles. The van der Waals surface area contributed by atoms with E-state index in [9.17, 15) is 9.59 Å². The van der Waals surface area contributed by atoms with Crippen molar-refractivity contribution in [1.29, 1.82) is 0 Å². The summed E-state index contributed by atoms with van der Waals surface area (Å²) in [6, 6.07) is 7.40. The molecule has 0 radical (unpaired) electrons. The van der Waals surface area contributed by atoms with E-state index in [1.807, 2.05) is 25.1 Å². The van der Waals surface area contributed by atoms with Crippen molar-refractivity contribution < 1.29 is 19.1 Å². The number of carbonyl (C=O) groups is 2. The summed E-state index contributed by atoms with van der Waals surface area (Å²) in [6.07, 6.45) is -0.0449. The molecule has 1 unspecified atom stereocenters. The standard InChI is InChI=1S/C12H12O4/c1-2-8-4-3-5-9(6-8)11-12(14)15-7-10(13)16-11/h3-6,11H,2,7H2,1H3. The molecule has 2 rings (SSSR count). The van der Waals surface area contributed by atoms with E-state index >= 15 is 0 Å². The molecule has 0 spiro atoms. The Morgan fingerprint density at radius 1 is 1.38 bits per heavy atom. The summed E-state index contributed by atoms with van der Waals surface area (Å²) >= 11 is 0. The van der Waals surface area contributed by atoms with E-state index in [1.165, 1.54) is 0 Å². The summed E-state index contributed by atoms with van der Waals surface area (Å²) in [5.41, 5.74) is 1.75. The molecule has 4 heteroatoms. The number of hydrogen-bond acceptors (Lipinski definition) is 4. The molecule has 1 aromatic carbocycles. The van der Waals surface area contributed by atoms with Gasteiger partial charge in [0.05, 0.1) is 0 Å². The van der Waals surface area contributed by atoms with Gasteiger partial charge in [0.1, 0.15) is 0 Å². The fourth-order valence-electron chi connectivity index (χ4n) is 1.60. The van der Waals surface area contributed by atoms with Crippen LogP contribution in [0.1, 0.15) is 24.2 Å². The maximum absolute atomic E-state index is 11.4. The summed E-state index contributed by atoms with van der Waals surface area (Å²) in [5, 5.41) is 0. The van der Waals surface area contributed by atoms with Crippen LogP contribution in [-0.4, -0.2) is 18.5 Å². The fourth-order valence-corrected chi connectivity index (χ4v) is 1.60. The fraction of sp³-hybridized carbons (Fsp3) is 0.333. The molecule has 1 atom stereocenters. The number of hydrogen-bond donors (Lipinski definition) is 0. The van der Waals surface area contributed by atoms with E-state index in [1.54, 1.807) is 6.07 Å². The lowest BCUT2D eigenvalue weighted by Gasteiger charge is -2.21. The molecule has 16 heavy (non-hydrogen) atoms. The number of esters is 2. The van der Waals surface area contributed by atoms with E-state index in [0.717, 1.165) is 12.0 Å². The van der Waals surface area contributed by atoms with Crippen molar-refractivity contribution in [2.24, 2.45) is 0 Å². The molecule has 1 aliphatic rings. The maximum atomic E-state index is 11.4. The van der Waals surface area contributed by atoms with Crippen molar-refractivity contribution in [3.05, 3.63) is 35.4 Å². The van der Waals surface area contributed by atoms with Crippen molar-refractivity contribution >= 4 is 11.9 Å². The summed E-state index contributed by atoms with van der Waals surface area (Å²) in [6.45, 7) is 1.73. The molecule has 0 amide bonds. The van der Waals surface area contributed by atoms with Crippen LogP contribution in [0.4, 0.5) is 0 Å². The summed E-state index contributed by atoms with van der Waals surface area (Å²) in [7, 11) is 0. The van der Waals surface area contributed by atoms with Gasteiger partial charge in [-0.1, -0.05) is 31.2 Å². The Morgan fingerprint density at radius 2 is 2.19 bits per heavy atom. The maximum Gasteiger partial charge on any atom is 0.352 e. The molecule has 1 aromatic rings. The van der Waals surface area contributed by atoms with Crippen LogP contribution in [0.25, 0.3) is 0 Å². The number of cyclic esters (lactones) is 2. The van der Waals surface area contributed by atoms with Gasteiger partial charge in [0.15, 0.2) is 6.61 Å². The highest BCUT2D eigenvalue weighted by atomic mass is 16.6. The van der Waals surface area contributed by atoms with Crippen molar-refractivity contribution in [2.75, 3.05) is 6.61 Å². The Balaban J connectivity index is 2.27. The first-order valence-electron chi connectivity index (χ1n) is 5.15. The predicted octanol–water partition coefficient (Wildman–Crippen LogP) is 1.39. The minimum absolute atomic E-state index is 0.289. The van der Waals surface area contributed by atoms with Crippen molar-refractivity contribution in [3.63, 3.8) is 0 Å². The van der Waals surface area contributed by atoms with Crippen molar-refractivity contribution in [1.82, 2.24) is 0 Å². The van der Waals surface area contributed by atoms with Crippen molar-refractivity contribution in [3.8, 4) is 0 Å². The molecule has 0 bridgehead atoms. The first kappa shape index (κ1) is 10.7. The molecule has 0 aliphatic carbocycles. The van der Waals surface area contributed by atoms with Gasteiger partial charge in [-0.2, -0.15) is 0 Å². The van der Waals surface area contributed by atoms with E-state index < -0.39 is 18.0 Å². The first-order chi connectivity index (χ1) is 7.70. The van der Waals surface area contributed by atoms with Crippen LogP contribution >= 0.6 is 0 Å². The monoisotopic (exact) mass is 220 g/mol. The first-order valence-corrected chi connectivity index (χ1v) is 5.15. The van der Waals surface area contributed by atoms with Crippen LogP contribution in [0.2, 0.25) is 0 Å². The average molecular weight is 220 g/mol. The van der Waals surface area contributed by atoms with Gasteiger partial charge >= 0.3 is 11.9 Å². The second kappa shape index (κ2) is 4.35. The molecule has 0 N–H and O–H groups in total. The molecule has 0 saturated carbocycles. The normalized spacial score (nSPS) is 20.2. The second-order valence-corrected chi connectivity index (χ2v) is 3.58. The van der Waals surface area contributed by atoms with Crippen molar-refractivity contribution in [2.45, 2.75) is 19.4 Å². The van der Waals surface area contributed by atoms with Gasteiger partial charge in [-0.25, -0.2) is 9.59 Å². The van der Waals surface area contributed by atoms with Crippen LogP contribution in [0.5, 0.6) is 0 Å². The molecule has 1 fully saturated rings. The summed E-state index contributed by atoms with van der Waals surface area (Å²) in [5.74, 6) is -1.01. The Kier molecular flexibility index (Phi) is 2.90. The van der Waals surface area contributed by atoms with Gasteiger partial charge in [-0.15, -0.1) is 0 Å². The van der Waals surface area contributed by atoms with E-state index in [-0.39, 0.29) is 6.61 Å². The molecular formula is C12H12O4. The lowest BCUT2D eigenvalue weighted by atomic mass is 10.0. The molecule has 1 aliphatic heterocycles. The predicted molar refractivity (Wildman–Crippen MR) is 55.6 cm³/mol. The lowest BCUT2D eigenvalue weighted by molar-refractivity contribution is -0.185. The number of ether oxygens (including phenoxy) is 2. The third-order valence-corrected chi connectivity index (χ3v) is 2.46. The number of benzene rings is 1. The lowest BCUT2D eigenvalue weighted by Crippen LogP contribution is -2.31. The minimum atomic E-state index is -0.909. The molecule has 1 saturated heterocycles. The van der Waals surface area contributed by atoms with Gasteiger partial charge in [-0.05, 0) is 12.0 Å². The largest absolute Gasteiger partial charge is 0.451 e. The van der Waals surface area contributed by atoms with Crippen LogP contribution in [-0.2, 0) is 25.5 Å². The topological polar surface area (TPSA) is 52.6 Å². The van der Waals surface area contributed by atoms with Gasteiger partial charge in [-0.3, -0.25) is 0 Å². The minimum Gasteiger partial charge on any atom is -0.451 e. The second-order valence-electron chi connectivity index (χ2n) is 3.58. The van der Waals surface area contributed by atoms with Gasteiger partial charge < -0.3 is 9.47 Å². The zero-order valence-electron chi connectivity index (χ0n) is 8.93. The molecule has 0 aromatic heterocycles. The smallest absolute Gasteiger partial charge is 0.352 e. The van der Waals surface area contributed by atoms with E-state index in [2.05, 4.69) is 0 Å². The molecular weight excluding hydrogens is 208 g/mol. The van der Waals surface area contributed by atoms with Gasteiger partial charge in [0.2, 0.25) is 6.10 Å². The number of rotatable bonds is 2. The van der Waals surface area contributed by atoms with Crippen LogP contribution in [0, 0.1) is 0 Å². The molecule has 84 valence electrons. The summed E-state index contributed by atoms with van der Waals surface area (Å²) in [4.78, 5) is 22.5. The Labute approximate surface area is 93.2 Å². The Bertz CT molecular complexity index is 425. The van der Waals surface area contributed by atoms with Crippen LogP contribution < -0.4 is 0 Å². The van der Waals surface area contributed by atoms with Gasteiger partial charge in [0, 0.05) is 5.56 Å². The highest BCUT2D eigenvalue weighted by molar-refractivity contribution is 5.86. The average Bonchev–Trinajstić information content (AvgIpc) is 2.32. The summed E-state index contributed by atoms with van der Waals surface area (Å²) < 4.78 is 9.69. The number of carbonyl (C=O) groups excluding carboxylic acids is 2. The third-order valence-electron chi connectivity index (χ3n) is 2.46. The van der Waals surface area contributed by atoms with Crippen LogP contribution in [0.15, 0.2) is 24.3 Å². The van der Waals surface area contributed by atoms with Crippen LogP contribution in [0.3, 0.4) is 0 Å². The number of aryl methyl sites for hydroxylation is 1. The quantitative estimate of drug-likeness (QED) is 0.707. The highest BCUT2D eigenvalue weighted by Gasteiger charge is 2.31. The highest BCUT2D eigenvalue weighted by Crippen LogP contribution is 2.23. The Morgan fingerprint density at radius 3 is 2.94 bits per heavy atom.